The summed E-state index contributed by atoms with van der Waals surface area (Å²) in [6, 6.07) is 5.75. The zero-order chi connectivity index (χ0) is 13.8. The molecule has 0 aliphatic carbocycles. The number of urea groups is 1. The monoisotopic (exact) mass is 261 g/mol. The lowest BCUT2D eigenvalue weighted by molar-refractivity contribution is -0.123. The Kier molecular flexibility index (Phi) is 4.04. The third-order valence-electron chi connectivity index (χ3n) is 3.30. The van der Waals surface area contributed by atoms with Gasteiger partial charge in [0.2, 0.25) is 5.91 Å². The van der Waals surface area contributed by atoms with E-state index in [0.717, 1.165) is 23.2 Å². The quantitative estimate of drug-likeness (QED) is 0.848. The van der Waals surface area contributed by atoms with Gasteiger partial charge in [-0.2, -0.15) is 0 Å². The molecule has 5 nitrogen and oxygen atoms in total. The molecule has 1 aromatic rings. The number of para-hydroxylation sites is 1. The van der Waals surface area contributed by atoms with Crippen molar-refractivity contribution < 1.29 is 9.59 Å². The van der Waals surface area contributed by atoms with Gasteiger partial charge in [-0.05, 0) is 24.5 Å². The zero-order valence-electron chi connectivity index (χ0n) is 11.3. The molecular weight excluding hydrogens is 242 g/mol. The zero-order valence-corrected chi connectivity index (χ0v) is 11.3. The molecule has 3 amide bonds. The second kappa shape index (κ2) is 5.73. The van der Waals surface area contributed by atoms with E-state index in [1.165, 1.54) is 4.90 Å². The van der Waals surface area contributed by atoms with Gasteiger partial charge in [0, 0.05) is 18.8 Å². The number of carbonyl (C=O) groups excluding carboxylic acids is 2. The molecule has 2 rings (SSSR count). The Morgan fingerprint density at radius 3 is 2.95 bits per heavy atom. The highest BCUT2D eigenvalue weighted by atomic mass is 16.2. The van der Waals surface area contributed by atoms with E-state index in [2.05, 4.69) is 17.6 Å². The molecule has 5 heteroatoms. The molecule has 19 heavy (non-hydrogen) atoms. The van der Waals surface area contributed by atoms with E-state index >= 15 is 0 Å². The standard InChI is InChI=1S/C14H19N3O2/c1-3-11-6-4-5-10(2)13(11)16-14(19)17-8-7-15-12(18)9-17/h4-6H,3,7-9H2,1-2H3,(H,15,18)(H,16,19). The van der Waals surface area contributed by atoms with Crippen LogP contribution in [0.25, 0.3) is 0 Å². The van der Waals surface area contributed by atoms with Crippen molar-refractivity contribution in [2.75, 3.05) is 25.0 Å². The summed E-state index contributed by atoms with van der Waals surface area (Å²) in [5.74, 6) is -0.109. The predicted octanol–water partition coefficient (Wildman–Crippen LogP) is 1.52. The first kappa shape index (κ1) is 13.4. The Bertz CT molecular complexity index is 499. The largest absolute Gasteiger partial charge is 0.353 e. The van der Waals surface area contributed by atoms with Crippen LogP contribution < -0.4 is 10.6 Å². The van der Waals surface area contributed by atoms with E-state index in [9.17, 15) is 9.59 Å². The fourth-order valence-corrected chi connectivity index (χ4v) is 2.20. The van der Waals surface area contributed by atoms with Crippen molar-refractivity contribution in [1.82, 2.24) is 10.2 Å². The lowest BCUT2D eigenvalue weighted by Crippen LogP contribution is -2.51. The Balaban J connectivity index is 2.12. The van der Waals surface area contributed by atoms with Crippen LogP contribution in [0.15, 0.2) is 18.2 Å². The highest BCUT2D eigenvalue weighted by Gasteiger charge is 2.21. The summed E-state index contributed by atoms with van der Waals surface area (Å²) >= 11 is 0. The van der Waals surface area contributed by atoms with Crippen LogP contribution in [0, 0.1) is 6.92 Å². The molecule has 1 saturated heterocycles. The van der Waals surface area contributed by atoms with E-state index in [4.69, 9.17) is 0 Å². The molecule has 0 saturated carbocycles. The summed E-state index contributed by atoms with van der Waals surface area (Å²) in [7, 11) is 0. The van der Waals surface area contributed by atoms with Crippen LogP contribution in [0.3, 0.4) is 0 Å². The number of benzene rings is 1. The van der Waals surface area contributed by atoms with Crippen LogP contribution in [0.4, 0.5) is 10.5 Å². The second-order valence-electron chi connectivity index (χ2n) is 4.66. The Hall–Kier alpha value is -2.04. The summed E-state index contributed by atoms with van der Waals surface area (Å²) in [4.78, 5) is 25.0. The van der Waals surface area contributed by atoms with Crippen molar-refractivity contribution in [2.24, 2.45) is 0 Å². The molecule has 1 aliphatic heterocycles. The highest BCUT2D eigenvalue weighted by molar-refractivity contribution is 5.94. The number of hydrogen-bond acceptors (Lipinski definition) is 2. The number of hydrogen-bond donors (Lipinski definition) is 2. The fraction of sp³-hybridized carbons (Fsp3) is 0.429. The number of piperazine rings is 1. The summed E-state index contributed by atoms with van der Waals surface area (Å²) in [6.07, 6.45) is 0.859. The number of aryl methyl sites for hydroxylation is 2. The van der Waals surface area contributed by atoms with Crippen molar-refractivity contribution in [1.29, 1.82) is 0 Å². The Morgan fingerprint density at radius 2 is 2.26 bits per heavy atom. The molecule has 0 atom stereocenters. The van der Waals surface area contributed by atoms with E-state index in [1.807, 2.05) is 25.1 Å². The van der Waals surface area contributed by atoms with Crippen molar-refractivity contribution in [3.05, 3.63) is 29.3 Å². The first-order valence-electron chi connectivity index (χ1n) is 6.53. The molecule has 1 heterocycles. The number of rotatable bonds is 2. The van der Waals surface area contributed by atoms with Crippen LogP contribution >= 0.6 is 0 Å². The SMILES string of the molecule is CCc1cccc(C)c1NC(=O)N1CCNC(=O)C1. The molecule has 0 unspecified atom stereocenters. The number of nitrogens with one attached hydrogen (secondary N) is 2. The van der Waals surface area contributed by atoms with Crippen LogP contribution in [0.5, 0.6) is 0 Å². The maximum Gasteiger partial charge on any atom is 0.322 e. The van der Waals surface area contributed by atoms with Gasteiger partial charge < -0.3 is 15.5 Å². The van der Waals surface area contributed by atoms with E-state index < -0.39 is 0 Å². The average Bonchev–Trinajstić information content (AvgIpc) is 2.41. The third-order valence-corrected chi connectivity index (χ3v) is 3.30. The smallest absolute Gasteiger partial charge is 0.322 e. The second-order valence-corrected chi connectivity index (χ2v) is 4.66. The topological polar surface area (TPSA) is 61.4 Å². The van der Waals surface area contributed by atoms with Gasteiger partial charge in [0.25, 0.3) is 0 Å². The summed E-state index contributed by atoms with van der Waals surface area (Å²) in [5, 5.41) is 5.63. The minimum atomic E-state index is -0.209. The van der Waals surface area contributed by atoms with Crippen LogP contribution in [0.1, 0.15) is 18.1 Å². The minimum Gasteiger partial charge on any atom is -0.353 e. The molecule has 0 aromatic heterocycles. The molecule has 1 aromatic carbocycles. The maximum absolute atomic E-state index is 12.2. The average molecular weight is 261 g/mol. The number of amides is 3. The molecule has 0 radical (unpaired) electrons. The Morgan fingerprint density at radius 1 is 1.47 bits per heavy atom. The first-order chi connectivity index (χ1) is 9.11. The predicted molar refractivity (Wildman–Crippen MR) is 74.2 cm³/mol. The molecule has 2 N–H and O–H groups in total. The van der Waals surface area contributed by atoms with Gasteiger partial charge in [-0.3, -0.25) is 4.79 Å². The summed E-state index contributed by atoms with van der Waals surface area (Å²) < 4.78 is 0. The molecule has 1 fully saturated rings. The van der Waals surface area contributed by atoms with Gasteiger partial charge in [0.1, 0.15) is 6.54 Å². The Labute approximate surface area is 113 Å². The van der Waals surface area contributed by atoms with Gasteiger partial charge >= 0.3 is 6.03 Å². The number of carbonyl (C=O) groups is 2. The molecule has 1 aliphatic rings. The molecule has 102 valence electrons. The normalized spacial score (nSPS) is 15.1. The van der Waals surface area contributed by atoms with Crippen molar-refractivity contribution in [3.63, 3.8) is 0 Å². The van der Waals surface area contributed by atoms with Crippen LogP contribution in [0.2, 0.25) is 0 Å². The summed E-state index contributed by atoms with van der Waals surface area (Å²) in [5.41, 5.74) is 3.00. The highest BCUT2D eigenvalue weighted by Crippen LogP contribution is 2.21. The third kappa shape index (κ3) is 3.05. The number of nitrogens with zero attached hydrogens (tertiary/aromatic N) is 1. The van der Waals surface area contributed by atoms with E-state index in [0.29, 0.717) is 13.1 Å². The molecule has 0 spiro atoms. The van der Waals surface area contributed by atoms with Gasteiger partial charge in [-0.15, -0.1) is 0 Å². The lowest BCUT2D eigenvalue weighted by Gasteiger charge is -2.27. The van der Waals surface area contributed by atoms with Gasteiger partial charge in [-0.25, -0.2) is 4.79 Å². The van der Waals surface area contributed by atoms with Crippen molar-refractivity contribution >= 4 is 17.6 Å². The van der Waals surface area contributed by atoms with Crippen molar-refractivity contribution in [2.45, 2.75) is 20.3 Å². The summed E-state index contributed by atoms with van der Waals surface area (Å²) in [6.45, 7) is 5.21. The molecule has 0 bridgehead atoms. The van der Waals surface area contributed by atoms with E-state index in [1.54, 1.807) is 0 Å². The first-order valence-corrected chi connectivity index (χ1v) is 6.53. The minimum absolute atomic E-state index is 0.109. The van der Waals surface area contributed by atoms with Crippen LogP contribution in [-0.2, 0) is 11.2 Å². The van der Waals surface area contributed by atoms with Crippen molar-refractivity contribution in [3.8, 4) is 0 Å². The van der Waals surface area contributed by atoms with Gasteiger partial charge in [-0.1, -0.05) is 25.1 Å². The van der Waals surface area contributed by atoms with Gasteiger partial charge in [0.15, 0.2) is 0 Å². The lowest BCUT2D eigenvalue weighted by atomic mass is 10.1. The fourth-order valence-electron chi connectivity index (χ4n) is 2.20. The maximum atomic E-state index is 12.2. The number of anilines is 1. The van der Waals surface area contributed by atoms with Crippen LogP contribution in [-0.4, -0.2) is 36.5 Å². The van der Waals surface area contributed by atoms with E-state index in [-0.39, 0.29) is 18.5 Å². The molecular formula is C14H19N3O2. The van der Waals surface area contributed by atoms with Gasteiger partial charge in [0.05, 0.1) is 0 Å².